The Labute approximate surface area is 193 Å². The second-order valence-electron chi connectivity index (χ2n) is 9.73. The van der Waals surface area contributed by atoms with E-state index in [0.29, 0.717) is 5.69 Å². The van der Waals surface area contributed by atoms with E-state index >= 15 is 0 Å². The van der Waals surface area contributed by atoms with E-state index in [9.17, 15) is 18.0 Å². The molecule has 1 amide bonds. The Hall–Kier alpha value is -2.10. The van der Waals surface area contributed by atoms with Gasteiger partial charge < -0.3 is 19.4 Å². The van der Waals surface area contributed by atoms with E-state index in [0.717, 1.165) is 57.0 Å². The van der Waals surface area contributed by atoms with Gasteiger partial charge in [0.25, 0.3) is 5.91 Å². The maximum Gasteiger partial charge on any atom is 0.490 e. The van der Waals surface area contributed by atoms with Crippen LogP contribution in [-0.2, 0) is 4.79 Å². The number of rotatable bonds is 5. The number of carboxylic acid groups (broad SMARTS) is 1. The highest BCUT2D eigenvalue weighted by Crippen LogP contribution is 2.39. The Bertz CT molecular complexity index is 794. The van der Waals surface area contributed by atoms with Gasteiger partial charge in [-0.3, -0.25) is 4.79 Å². The molecule has 0 aliphatic carbocycles. The van der Waals surface area contributed by atoms with Gasteiger partial charge in [-0.15, -0.1) is 0 Å². The summed E-state index contributed by atoms with van der Waals surface area (Å²) in [5.74, 6) is -0.897. The molecule has 0 radical (unpaired) electrons. The van der Waals surface area contributed by atoms with Crippen LogP contribution < -0.4 is 0 Å². The Kier molecular flexibility index (Phi) is 9.34. The first-order valence-electron chi connectivity index (χ1n) is 11.7. The molecule has 33 heavy (non-hydrogen) atoms. The number of halogens is 3. The molecular weight excluding hydrogens is 439 g/mol. The molecule has 2 aliphatic rings. The van der Waals surface area contributed by atoms with Crippen LogP contribution in [-0.4, -0.2) is 69.8 Å². The molecule has 7 nitrogen and oxygen atoms in total. The molecule has 1 atom stereocenters. The van der Waals surface area contributed by atoms with Crippen molar-refractivity contribution in [1.29, 1.82) is 0 Å². The molecule has 0 bridgehead atoms. The van der Waals surface area contributed by atoms with Crippen LogP contribution in [0.4, 0.5) is 13.2 Å². The third kappa shape index (κ3) is 7.45. The lowest BCUT2D eigenvalue weighted by molar-refractivity contribution is -0.192. The molecular formula is C23H36F3N3O4. The molecule has 2 aliphatic heterocycles. The summed E-state index contributed by atoms with van der Waals surface area (Å²) >= 11 is 0. The lowest BCUT2D eigenvalue weighted by Crippen LogP contribution is -2.48. The summed E-state index contributed by atoms with van der Waals surface area (Å²) in [6.07, 6.45) is 1.79. The highest BCUT2D eigenvalue weighted by atomic mass is 19.4. The summed E-state index contributed by atoms with van der Waals surface area (Å²) in [6.45, 7) is 13.0. The van der Waals surface area contributed by atoms with Crippen LogP contribution in [0.25, 0.3) is 0 Å². The second-order valence-corrected chi connectivity index (χ2v) is 9.73. The van der Waals surface area contributed by atoms with E-state index in [1.807, 2.05) is 6.07 Å². The average molecular weight is 476 g/mol. The summed E-state index contributed by atoms with van der Waals surface area (Å²) in [6, 6.07) is 1.84. The maximum atomic E-state index is 13.2. The number of likely N-dealkylation sites (tertiary alicyclic amines) is 2. The molecule has 1 spiro atoms. The molecule has 0 aromatic carbocycles. The number of carboxylic acids is 1. The molecule has 10 heteroatoms. The van der Waals surface area contributed by atoms with Gasteiger partial charge in [0.2, 0.25) is 0 Å². The summed E-state index contributed by atoms with van der Waals surface area (Å²) in [5, 5.41) is 11.2. The molecule has 0 saturated carbocycles. The predicted molar refractivity (Wildman–Crippen MR) is 117 cm³/mol. The van der Waals surface area contributed by atoms with Gasteiger partial charge in [-0.25, -0.2) is 4.79 Å². The first-order chi connectivity index (χ1) is 15.4. The summed E-state index contributed by atoms with van der Waals surface area (Å²) in [4.78, 5) is 26.8. The zero-order chi connectivity index (χ0) is 24.8. The van der Waals surface area contributed by atoms with Gasteiger partial charge >= 0.3 is 12.1 Å². The van der Waals surface area contributed by atoms with Crippen molar-refractivity contribution >= 4 is 11.9 Å². The maximum absolute atomic E-state index is 13.2. The minimum Gasteiger partial charge on any atom is -0.475 e. The number of aromatic nitrogens is 1. The molecule has 2 fully saturated rings. The molecule has 3 rings (SSSR count). The summed E-state index contributed by atoms with van der Waals surface area (Å²) in [7, 11) is 0. The summed E-state index contributed by atoms with van der Waals surface area (Å²) < 4.78 is 37.1. The molecule has 3 heterocycles. The molecule has 2 saturated heterocycles. The first kappa shape index (κ1) is 27.1. The number of carbonyl (C=O) groups is 2. The van der Waals surface area contributed by atoms with Crippen molar-refractivity contribution in [3.8, 4) is 0 Å². The van der Waals surface area contributed by atoms with Gasteiger partial charge in [-0.05, 0) is 57.5 Å². The van der Waals surface area contributed by atoms with Crippen LogP contribution >= 0.6 is 0 Å². The second kappa shape index (κ2) is 11.4. The Morgan fingerprint density at radius 2 is 1.73 bits per heavy atom. The van der Waals surface area contributed by atoms with Crippen molar-refractivity contribution in [2.45, 2.75) is 83.9 Å². The van der Waals surface area contributed by atoms with Crippen molar-refractivity contribution in [3.05, 3.63) is 17.5 Å². The number of carbonyl (C=O) groups excluding carboxylic acids is 1. The number of hydrogen-bond acceptors (Lipinski definition) is 5. The molecule has 1 unspecified atom stereocenters. The third-order valence-corrected chi connectivity index (χ3v) is 6.43. The lowest BCUT2D eigenvalue weighted by Gasteiger charge is -2.37. The van der Waals surface area contributed by atoms with Crippen molar-refractivity contribution < 1.29 is 32.4 Å². The first-order valence-corrected chi connectivity index (χ1v) is 11.7. The fourth-order valence-corrected chi connectivity index (χ4v) is 4.47. The minimum atomic E-state index is -5.08. The van der Waals surface area contributed by atoms with E-state index < -0.39 is 12.1 Å². The summed E-state index contributed by atoms with van der Waals surface area (Å²) in [5.41, 5.74) is 0.511. The highest BCUT2D eigenvalue weighted by Gasteiger charge is 2.45. The van der Waals surface area contributed by atoms with E-state index in [4.69, 9.17) is 14.4 Å². The number of aliphatic carboxylic acids is 1. The smallest absolute Gasteiger partial charge is 0.475 e. The fourth-order valence-electron chi connectivity index (χ4n) is 4.47. The van der Waals surface area contributed by atoms with Gasteiger partial charge in [-0.2, -0.15) is 13.2 Å². The number of hydrogen-bond donors (Lipinski definition) is 1. The molecule has 1 N–H and O–H groups in total. The Balaban J connectivity index is 0.000000479. The van der Waals surface area contributed by atoms with Crippen molar-refractivity contribution in [2.24, 2.45) is 5.92 Å². The van der Waals surface area contributed by atoms with E-state index in [2.05, 4.69) is 42.7 Å². The van der Waals surface area contributed by atoms with Crippen molar-refractivity contribution in [3.63, 3.8) is 0 Å². The largest absolute Gasteiger partial charge is 0.490 e. The highest BCUT2D eigenvalue weighted by molar-refractivity contribution is 5.93. The van der Waals surface area contributed by atoms with Gasteiger partial charge in [0.05, 0.1) is 0 Å². The lowest BCUT2D eigenvalue weighted by atomic mass is 9.87. The average Bonchev–Trinajstić information content (AvgIpc) is 3.31. The predicted octanol–water partition coefficient (Wildman–Crippen LogP) is 4.94. The number of alkyl halides is 3. The van der Waals surface area contributed by atoms with Crippen LogP contribution in [0.1, 0.15) is 88.4 Å². The normalized spacial score (nSPS) is 21.9. The van der Waals surface area contributed by atoms with Crippen molar-refractivity contribution in [1.82, 2.24) is 15.0 Å². The van der Waals surface area contributed by atoms with Crippen molar-refractivity contribution in [2.75, 3.05) is 26.2 Å². The monoisotopic (exact) mass is 475 g/mol. The van der Waals surface area contributed by atoms with Crippen LogP contribution in [0.5, 0.6) is 0 Å². The zero-order valence-electron chi connectivity index (χ0n) is 20.0. The topological polar surface area (TPSA) is 86.9 Å². The minimum absolute atomic E-state index is 0.0284. The quantitative estimate of drug-likeness (QED) is 0.649. The third-order valence-electron chi connectivity index (χ3n) is 6.43. The number of nitrogens with zero attached hydrogens (tertiary/aromatic N) is 3. The fraction of sp³-hybridized carbons (Fsp3) is 0.783. The van der Waals surface area contributed by atoms with Gasteiger partial charge in [0.15, 0.2) is 5.69 Å². The molecule has 188 valence electrons. The van der Waals surface area contributed by atoms with Gasteiger partial charge in [0.1, 0.15) is 5.76 Å². The van der Waals surface area contributed by atoms with Gasteiger partial charge in [0, 0.05) is 30.6 Å². The number of amides is 1. The van der Waals surface area contributed by atoms with Crippen LogP contribution in [0.3, 0.4) is 0 Å². The zero-order valence-corrected chi connectivity index (χ0v) is 20.0. The van der Waals surface area contributed by atoms with E-state index in [-0.39, 0.29) is 17.4 Å². The Morgan fingerprint density at radius 1 is 1.12 bits per heavy atom. The van der Waals surface area contributed by atoms with E-state index in [1.165, 1.54) is 19.4 Å². The van der Waals surface area contributed by atoms with Gasteiger partial charge in [-0.1, -0.05) is 32.9 Å². The molecule has 1 aromatic heterocycles. The van der Waals surface area contributed by atoms with Crippen LogP contribution in [0, 0.1) is 5.92 Å². The Morgan fingerprint density at radius 3 is 2.24 bits per heavy atom. The van der Waals surface area contributed by atoms with Crippen LogP contribution in [0.2, 0.25) is 0 Å². The van der Waals surface area contributed by atoms with E-state index in [1.54, 1.807) is 0 Å². The SMILES string of the molecule is CC(C)CCN1CCCC2(CCCN2C(=O)c2cc(C(C)C)on2)CC1.O=C(O)C(F)(F)F. The standard InChI is InChI=1S/C21H35N3O2.C2HF3O2/c1-16(2)7-13-23-11-5-8-21(10-14-23)9-6-12-24(21)20(25)18-15-19(17(3)4)26-22-18;3-2(4,5)1(6)7/h15-17H,5-14H2,1-4H3;(H,6,7). The van der Waals surface area contributed by atoms with Crippen LogP contribution in [0.15, 0.2) is 10.6 Å². The molecule has 1 aromatic rings.